The lowest BCUT2D eigenvalue weighted by Crippen LogP contribution is -2.11. The normalized spacial score (nSPS) is 11.5. The van der Waals surface area contributed by atoms with Crippen molar-refractivity contribution in [3.8, 4) is 44.5 Å². The van der Waals surface area contributed by atoms with Gasteiger partial charge in [-0.3, -0.25) is 0 Å². The number of rotatable bonds is 7. The van der Waals surface area contributed by atoms with Crippen LogP contribution in [0.1, 0.15) is 0 Å². The highest BCUT2D eigenvalue weighted by atomic mass is 16.3. The number of furan rings is 2. The molecule has 0 aliphatic rings. The van der Waals surface area contributed by atoms with Crippen LogP contribution in [0.2, 0.25) is 0 Å². The van der Waals surface area contributed by atoms with E-state index in [4.69, 9.17) is 8.83 Å². The first kappa shape index (κ1) is 32.8. The summed E-state index contributed by atoms with van der Waals surface area (Å²) < 4.78 is 12.9. The maximum atomic E-state index is 6.43. The van der Waals surface area contributed by atoms with Crippen molar-refractivity contribution >= 4 is 60.9 Å². The van der Waals surface area contributed by atoms with Crippen LogP contribution in [0, 0.1) is 0 Å². The number of anilines is 3. The summed E-state index contributed by atoms with van der Waals surface area (Å²) in [5.74, 6) is 0. The summed E-state index contributed by atoms with van der Waals surface area (Å²) in [4.78, 5) is 2.36. The second-order valence-corrected chi connectivity index (χ2v) is 14.5. The zero-order valence-electron chi connectivity index (χ0n) is 31.0. The molecular formula is C54H35NO2. The number of para-hydroxylation sites is 5. The summed E-state index contributed by atoms with van der Waals surface area (Å²) in [6, 6.07) is 75.1. The van der Waals surface area contributed by atoms with Crippen LogP contribution < -0.4 is 4.90 Å². The van der Waals surface area contributed by atoms with E-state index in [-0.39, 0.29) is 0 Å². The predicted molar refractivity (Wildman–Crippen MR) is 237 cm³/mol. The van der Waals surface area contributed by atoms with Gasteiger partial charge in [-0.05, 0) is 70.3 Å². The molecule has 0 saturated carbocycles. The number of hydrogen-bond donors (Lipinski definition) is 0. The minimum absolute atomic E-state index is 0.899. The fourth-order valence-electron chi connectivity index (χ4n) is 8.34. The predicted octanol–water partition coefficient (Wildman–Crippen LogP) is 15.6. The molecule has 0 N–H and O–H groups in total. The zero-order valence-corrected chi connectivity index (χ0v) is 31.0. The Bertz CT molecular complexity index is 3050. The molecule has 0 atom stereocenters. The Kier molecular flexibility index (Phi) is 7.82. The first-order valence-corrected chi connectivity index (χ1v) is 19.3. The summed E-state index contributed by atoms with van der Waals surface area (Å²) in [7, 11) is 0. The van der Waals surface area contributed by atoms with Gasteiger partial charge in [0.1, 0.15) is 22.3 Å². The van der Waals surface area contributed by atoms with E-state index in [1.165, 1.54) is 11.1 Å². The van der Waals surface area contributed by atoms with Gasteiger partial charge in [0.15, 0.2) is 0 Å². The number of hydrogen-bond acceptors (Lipinski definition) is 3. The third-order valence-electron chi connectivity index (χ3n) is 11.1. The Balaban J connectivity index is 1.03. The maximum absolute atomic E-state index is 6.43. The van der Waals surface area contributed by atoms with Gasteiger partial charge in [0.25, 0.3) is 0 Å². The van der Waals surface area contributed by atoms with Crippen molar-refractivity contribution in [1.82, 2.24) is 0 Å². The van der Waals surface area contributed by atoms with Gasteiger partial charge < -0.3 is 13.7 Å². The summed E-state index contributed by atoms with van der Waals surface area (Å²) >= 11 is 0. The Labute approximate surface area is 330 Å². The third kappa shape index (κ3) is 5.68. The minimum Gasteiger partial charge on any atom is -0.455 e. The molecule has 3 nitrogen and oxygen atoms in total. The monoisotopic (exact) mass is 729 g/mol. The quantitative estimate of drug-likeness (QED) is 0.164. The summed E-state index contributed by atoms with van der Waals surface area (Å²) in [6.45, 7) is 0. The molecule has 268 valence electrons. The van der Waals surface area contributed by atoms with E-state index < -0.39 is 0 Å². The number of benzene rings is 9. The van der Waals surface area contributed by atoms with Gasteiger partial charge in [-0.1, -0.05) is 170 Å². The maximum Gasteiger partial charge on any atom is 0.143 e. The van der Waals surface area contributed by atoms with Gasteiger partial charge in [-0.15, -0.1) is 0 Å². The second-order valence-electron chi connectivity index (χ2n) is 14.5. The van der Waals surface area contributed by atoms with Crippen LogP contribution >= 0.6 is 0 Å². The first-order valence-electron chi connectivity index (χ1n) is 19.3. The minimum atomic E-state index is 0.899. The van der Waals surface area contributed by atoms with E-state index in [1.54, 1.807) is 0 Å². The van der Waals surface area contributed by atoms with Crippen LogP contribution in [0.5, 0.6) is 0 Å². The van der Waals surface area contributed by atoms with Gasteiger partial charge in [0.05, 0.1) is 5.69 Å². The molecule has 0 aliphatic heterocycles. The van der Waals surface area contributed by atoms with E-state index in [0.29, 0.717) is 0 Å². The van der Waals surface area contributed by atoms with Crippen molar-refractivity contribution in [3.05, 3.63) is 212 Å². The Morgan fingerprint density at radius 3 is 1.21 bits per heavy atom. The van der Waals surface area contributed by atoms with E-state index in [2.05, 4.69) is 193 Å². The van der Waals surface area contributed by atoms with Crippen molar-refractivity contribution in [2.24, 2.45) is 0 Å². The van der Waals surface area contributed by atoms with Crippen molar-refractivity contribution < 1.29 is 8.83 Å². The van der Waals surface area contributed by atoms with Crippen LogP contribution in [-0.2, 0) is 0 Å². The smallest absolute Gasteiger partial charge is 0.143 e. The Morgan fingerprint density at radius 2 is 0.649 bits per heavy atom. The highest BCUT2D eigenvalue weighted by Crippen LogP contribution is 2.44. The SMILES string of the molecule is c1ccc(-c2ccc(-c3ccccc3N(c3ccc(-c4cccc5c4oc4ccccc45)cc3)c3ccc(-c4cccc5c4oc4ccccc45)cc3)cc2)cc1. The van der Waals surface area contributed by atoms with Crippen LogP contribution in [0.4, 0.5) is 17.1 Å². The Hall–Kier alpha value is -7.62. The topological polar surface area (TPSA) is 29.5 Å². The molecule has 0 radical (unpaired) electrons. The molecule has 0 unspecified atom stereocenters. The van der Waals surface area contributed by atoms with Crippen molar-refractivity contribution in [2.75, 3.05) is 4.90 Å². The van der Waals surface area contributed by atoms with Crippen LogP contribution in [0.25, 0.3) is 88.4 Å². The largest absolute Gasteiger partial charge is 0.455 e. The molecule has 0 fully saturated rings. The standard InChI is InChI=1S/C54H35NO2/c1-2-12-36(13-3-1)37-24-26-38(27-25-37)43-14-4-7-21-50(43)55(41-32-28-39(29-33-41)44-17-10-19-48-46-15-5-8-22-51(46)56-53(44)48)42-34-30-40(31-35-42)45-18-11-20-49-47-16-6-9-23-52(47)57-54(45)49/h1-35H. The molecule has 57 heavy (non-hydrogen) atoms. The average Bonchev–Trinajstić information content (AvgIpc) is 3.87. The van der Waals surface area contributed by atoms with Gasteiger partial charge in [-0.25, -0.2) is 0 Å². The van der Waals surface area contributed by atoms with E-state index in [0.717, 1.165) is 94.3 Å². The Morgan fingerprint density at radius 1 is 0.263 bits per heavy atom. The first-order chi connectivity index (χ1) is 28.3. The van der Waals surface area contributed by atoms with Gasteiger partial charge in [-0.2, -0.15) is 0 Å². The molecule has 2 heterocycles. The van der Waals surface area contributed by atoms with Gasteiger partial charge in [0.2, 0.25) is 0 Å². The fraction of sp³-hybridized carbons (Fsp3) is 0. The highest BCUT2D eigenvalue weighted by molar-refractivity contribution is 6.10. The molecule has 0 bridgehead atoms. The lowest BCUT2D eigenvalue weighted by atomic mass is 9.97. The van der Waals surface area contributed by atoms with E-state index >= 15 is 0 Å². The van der Waals surface area contributed by atoms with Crippen molar-refractivity contribution in [3.63, 3.8) is 0 Å². The summed E-state index contributed by atoms with van der Waals surface area (Å²) in [5.41, 5.74) is 15.8. The molecule has 11 rings (SSSR count). The zero-order chi connectivity index (χ0) is 37.7. The average molecular weight is 730 g/mol. The lowest BCUT2D eigenvalue weighted by molar-refractivity contribution is 0.669. The number of fused-ring (bicyclic) bond motifs is 6. The van der Waals surface area contributed by atoms with E-state index in [9.17, 15) is 0 Å². The lowest BCUT2D eigenvalue weighted by Gasteiger charge is -2.28. The summed E-state index contributed by atoms with van der Waals surface area (Å²) in [6.07, 6.45) is 0. The summed E-state index contributed by atoms with van der Waals surface area (Å²) in [5, 5.41) is 4.51. The molecule has 9 aromatic carbocycles. The van der Waals surface area contributed by atoms with Crippen molar-refractivity contribution in [1.29, 1.82) is 0 Å². The van der Waals surface area contributed by atoms with Gasteiger partial charge in [0, 0.05) is 49.6 Å². The van der Waals surface area contributed by atoms with Gasteiger partial charge >= 0.3 is 0 Å². The van der Waals surface area contributed by atoms with Crippen LogP contribution in [0.3, 0.4) is 0 Å². The molecule has 0 amide bonds. The molecule has 0 spiro atoms. The van der Waals surface area contributed by atoms with Crippen LogP contribution in [-0.4, -0.2) is 0 Å². The van der Waals surface area contributed by atoms with Crippen molar-refractivity contribution in [2.45, 2.75) is 0 Å². The highest BCUT2D eigenvalue weighted by Gasteiger charge is 2.19. The molecule has 3 heteroatoms. The molecular weight excluding hydrogens is 695 g/mol. The molecule has 2 aromatic heterocycles. The third-order valence-corrected chi connectivity index (χ3v) is 11.1. The second kappa shape index (κ2) is 13.6. The molecule has 11 aromatic rings. The van der Waals surface area contributed by atoms with E-state index in [1.807, 2.05) is 24.3 Å². The number of nitrogens with zero attached hydrogens (tertiary/aromatic N) is 1. The molecule has 0 aliphatic carbocycles. The molecule has 0 saturated heterocycles. The fourth-order valence-corrected chi connectivity index (χ4v) is 8.34. The van der Waals surface area contributed by atoms with Crippen LogP contribution in [0.15, 0.2) is 221 Å².